The zero-order valence-electron chi connectivity index (χ0n) is 10.8. The Kier molecular flexibility index (Phi) is 7.40. The maximum absolute atomic E-state index is 12.6. The minimum absolute atomic E-state index is 0. The lowest BCUT2D eigenvalue weighted by atomic mass is 9.97. The SMILES string of the molecule is CC(C)CC[C@@H](N)c1cc(C(F)(F)F)ccc1Br.Cl. The Morgan fingerprint density at radius 2 is 1.79 bits per heavy atom. The van der Waals surface area contributed by atoms with Gasteiger partial charge in [0.15, 0.2) is 0 Å². The van der Waals surface area contributed by atoms with Gasteiger partial charge in [-0.1, -0.05) is 29.8 Å². The predicted molar refractivity (Wildman–Crippen MR) is 77.4 cm³/mol. The molecule has 1 aromatic carbocycles. The highest BCUT2D eigenvalue weighted by atomic mass is 79.9. The Hall–Kier alpha value is -0.260. The van der Waals surface area contributed by atoms with Crippen LogP contribution in [0.5, 0.6) is 0 Å². The molecule has 110 valence electrons. The fraction of sp³-hybridized carbons (Fsp3) is 0.538. The highest BCUT2D eigenvalue weighted by molar-refractivity contribution is 9.10. The first-order chi connectivity index (χ1) is 8.21. The third kappa shape index (κ3) is 5.71. The van der Waals surface area contributed by atoms with Crippen LogP contribution in [0, 0.1) is 5.92 Å². The lowest BCUT2D eigenvalue weighted by Gasteiger charge is -2.17. The van der Waals surface area contributed by atoms with Gasteiger partial charge in [-0.05, 0) is 42.5 Å². The van der Waals surface area contributed by atoms with Gasteiger partial charge in [0.25, 0.3) is 0 Å². The van der Waals surface area contributed by atoms with E-state index in [9.17, 15) is 13.2 Å². The van der Waals surface area contributed by atoms with Crippen molar-refractivity contribution in [1.29, 1.82) is 0 Å². The van der Waals surface area contributed by atoms with Crippen LogP contribution in [0.3, 0.4) is 0 Å². The molecular formula is C13H18BrClF3N. The molecule has 0 amide bonds. The minimum atomic E-state index is -4.33. The zero-order chi connectivity index (χ0) is 13.9. The molecular weight excluding hydrogens is 343 g/mol. The number of nitrogens with two attached hydrogens (primary N) is 1. The minimum Gasteiger partial charge on any atom is -0.324 e. The zero-order valence-corrected chi connectivity index (χ0v) is 13.2. The van der Waals surface area contributed by atoms with Gasteiger partial charge in [0.2, 0.25) is 0 Å². The van der Waals surface area contributed by atoms with Crippen LogP contribution in [-0.4, -0.2) is 0 Å². The van der Waals surface area contributed by atoms with Crippen LogP contribution in [0.1, 0.15) is 43.9 Å². The first-order valence-corrected chi connectivity index (χ1v) is 6.63. The van der Waals surface area contributed by atoms with Gasteiger partial charge in [-0.3, -0.25) is 0 Å². The molecule has 0 radical (unpaired) electrons. The molecule has 0 aliphatic rings. The van der Waals surface area contributed by atoms with Crippen LogP contribution in [0.25, 0.3) is 0 Å². The first kappa shape index (κ1) is 18.7. The molecule has 0 aliphatic heterocycles. The van der Waals surface area contributed by atoms with Crippen molar-refractivity contribution in [2.45, 2.75) is 38.9 Å². The van der Waals surface area contributed by atoms with Crippen molar-refractivity contribution < 1.29 is 13.2 Å². The van der Waals surface area contributed by atoms with Crippen molar-refractivity contribution >= 4 is 28.3 Å². The largest absolute Gasteiger partial charge is 0.416 e. The summed E-state index contributed by atoms with van der Waals surface area (Å²) >= 11 is 3.26. The fourth-order valence-corrected chi connectivity index (χ4v) is 2.21. The van der Waals surface area contributed by atoms with Gasteiger partial charge in [0, 0.05) is 10.5 Å². The second kappa shape index (κ2) is 7.50. The summed E-state index contributed by atoms with van der Waals surface area (Å²) in [4.78, 5) is 0. The van der Waals surface area contributed by atoms with Gasteiger partial charge in [-0.15, -0.1) is 12.4 Å². The normalized spacial score (nSPS) is 13.3. The van der Waals surface area contributed by atoms with E-state index in [0.717, 1.165) is 18.6 Å². The third-order valence-electron chi connectivity index (χ3n) is 2.78. The second-order valence-electron chi connectivity index (χ2n) is 4.81. The molecule has 1 aromatic rings. The topological polar surface area (TPSA) is 26.0 Å². The summed E-state index contributed by atoms with van der Waals surface area (Å²) in [7, 11) is 0. The molecule has 1 atom stereocenters. The van der Waals surface area contributed by atoms with Gasteiger partial charge in [-0.2, -0.15) is 13.2 Å². The van der Waals surface area contributed by atoms with Gasteiger partial charge in [0.05, 0.1) is 5.56 Å². The van der Waals surface area contributed by atoms with Crippen LogP contribution in [0.15, 0.2) is 22.7 Å². The van der Waals surface area contributed by atoms with Gasteiger partial charge in [0.1, 0.15) is 0 Å². The third-order valence-corrected chi connectivity index (χ3v) is 3.50. The summed E-state index contributed by atoms with van der Waals surface area (Å²) in [6.07, 6.45) is -2.76. The number of benzene rings is 1. The Balaban J connectivity index is 0.00000324. The quantitative estimate of drug-likeness (QED) is 0.772. The van der Waals surface area contributed by atoms with Crippen LogP contribution < -0.4 is 5.73 Å². The number of hydrogen-bond acceptors (Lipinski definition) is 1. The maximum Gasteiger partial charge on any atom is 0.416 e. The summed E-state index contributed by atoms with van der Waals surface area (Å²) in [5.41, 5.74) is 5.83. The van der Waals surface area contributed by atoms with E-state index < -0.39 is 11.7 Å². The number of alkyl halides is 3. The van der Waals surface area contributed by atoms with E-state index in [1.54, 1.807) is 0 Å². The van der Waals surface area contributed by atoms with Crippen LogP contribution in [0.4, 0.5) is 13.2 Å². The summed E-state index contributed by atoms with van der Waals surface area (Å²) in [6, 6.07) is 3.23. The van der Waals surface area contributed by atoms with Crippen molar-refractivity contribution in [2.75, 3.05) is 0 Å². The smallest absolute Gasteiger partial charge is 0.324 e. The van der Waals surface area contributed by atoms with Gasteiger partial charge >= 0.3 is 6.18 Å². The second-order valence-corrected chi connectivity index (χ2v) is 5.67. The highest BCUT2D eigenvalue weighted by Crippen LogP contribution is 2.34. The van der Waals surface area contributed by atoms with E-state index in [1.165, 1.54) is 6.07 Å². The summed E-state index contributed by atoms with van der Waals surface area (Å²) in [5, 5.41) is 0. The summed E-state index contributed by atoms with van der Waals surface area (Å²) < 4.78 is 38.5. The molecule has 0 fully saturated rings. The predicted octanol–water partition coefficient (Wildman–Crippen LogP) is 5.33. The van der Waals surface area contributed by atoms with Gasteiger partial charge in [-0.25, -0.2) is 0 Å². The van der Waals surface area contributed by atoms with E-state index in [1.807, 2.05) is 0 Å². The molecule has 0 aliphatic carbocycles. The molecule has 0 heterocycles. The monoisotopic (exact) mass is 359 g/mol. The van der Waals surface area contributed by atoms with Crippen LogP contribution in [-0.2, 0) is 6.18 Å². The van der Waals surface area contributed by atoms with Crippen molar-refractivity contribution in [3.8, 4) is 0 Å². The standard InChI is InChI=1S/C13H17BrF3N.ClH/c1-8(2)3-6-12(18)10-7-9(13(15,16)17)4-5-11(10)14;/h4-5,7-8,12H,3,6,18H2,1-2H3;1H/t12-;/m1./s1. The molecule has 1 nitrogen and oxygen atoms in total. The number of rotatable bonds is 4. The molecule has 0 spiro atoms. The van der Waals surface area contributed by atoms with Crippen molar-refractivity contribution in [1.82, 2.24) is 0 Å². The number of hydrogen-bond donors (Lipinski definition) is 1. The molecule has 0 saturated carbocycles. The van der Waals surface area contributed by atoms with E-state index in [-0.39, 0.29) is 18.4 Å². The Labute approximate surface area is 126 Å². The van der Waals surface area contributed by atoms with Crippen molar-refractivity contribution in [3.05, 3.63) is 33.8 Å². The molecule has 0 bridgehead atoms. The summed E-state index contributed by atoms with van der Waals surface area (Å²) in [6.45, 7) is 4.13. The van der Waals surface area contributed by atoms with Gasteiger partial charge < -0.3 is 5.73 Å². The maximum atomic E-state index is 12.6. The molecule has 6 heteroatoms. The Bertz CT molecular complexity index is 407. The van der Waals surface area contributed by atoms with E-state index in [4.69, 9.17) is 5.73 Å². The molecule has 0 aromatic heterocycles. The molecule has 1 rings (SSSR count). The van der Waals surface area contributed by atoms with E-state index in [2.05, 4.69) is 29.8 Å². The molecule has 19 heavy (non-hydrogen) atoms. The summed E-state index contributed by atoms with van der Waals surface area (Å²) in [5.74, 6) is 0.487. The molecule has 2 N–H and O–H groups in total. The first-order valence-electron chi connectivity index (χ1n) is 5.84. The lowest BCUT2D eigenvalue weighted by Crippen LogP contribution is -2.14. The number of halogens is 5. The Morgan fingerprint density at radius 1 is 1.21 bits per heavy atom. The van der Waals surface area contributed by atoms with E-state index >= 15 is 0 Å². The van der Waals surface area contributed by atoms with Crippen LogP contribution in [0.2, 0.25) is 0 Å². The lowest BCUT2D eigenvalue weighted by molar-refractivity contribution is -0.137. The van der Waals surface area contributed by atoms with Crippen LogP contribution >= 0.6 is 28.3 Å². The molecule has 0 unspecified atom stereocenters. The Morgan fingerprint density at radius 3 is 2.26 bits per heavy atom. The average molecular weight is 361 g/mol. The fourth-order valence-electron chi connectivity index (χ4n) is 1.67. The average Bonchev–Trinajstić information content (AvgIpc) is 2.24. The molecule has 0 saturated heterocycles. The van der Waals surface area contributed by atoms with E-state index in [0.29, 0.717) is 22.4 Å². The van der Waals surface area contributed by atoms with Crippen molar-refractivity contribution in [2.24, 2.45) is 11.7 Å². The van der Waals surface area contributed by atoms with Crippen molar-refractivity contribution in [3.63, 3.8) is 0 Å². The highest BCUT2D eigenvalue weighted by Gasteiger charge is 2.31.